The molecule has 2 amide bonds. The Morgan fingerprint density at radius 2 is 2.35 bits per heavy atom. The van der Waals surface area contributed by atoms with E-state index in [2.05, 4.69) is 15.4 Å². The summed E-state index contributed by atoms with van der Waals surface area (Å²) >= 11 is 2.71. The minimum Gasteiger partial charge on any atom is -0.325 e. The molecule has 0 bridgehead atoms. The summed E-state index contributed by atoms with van der Waals surface area (Å²) in [6, 6.07) is 7.68. The van der Waals surface area contributed by atoms with Crippen LogP contribution in [0, 0.1) is 6.92 Å². The van der Waals surface area contributed by atoms with Crippen LogP contribution in [0.5, 0.6) is 0 Å². The first-order valence-corrected chi connectivity index (χ1v) is 9.05. The number of amidine groups is 1. The number of benzene rings is 1. The SMILES string of the molecule is Cc1cccc(NC(=O)CSC2=NN3CCCC(=O)N=C3S2)c1. The Balaban J connectivity index is 1.53. The molecule has 0 saturated heterocycles. The molecule has 0 spiro atoms. The normalized spacial score (nSPS) is 17.3. The molecule has 0 aliphatic carbocycles. The number of aryl methyl sites for hydroxylation is 1. The lowest BCUT2D eigenvalue weighted by molar-refractivity contribution is -0.117. The van der Waals surface area contributed by atoms with Crippen LogP contribution < -0.4 is 5.32 Å². The third-order valence-corrected chi connectivity index (χ3v) is 5.29. The Hall–Kier alpha value is -1.80. The van der Waals surface area contributed by atoms with Gasteiger partial charge >= 0.3 is 0 Å². The van der Waals surface area contributed by atoms with Crippen LogP contribution in [0.15, 0.2) is 34.4 Å². The summed E-state index contributed by atoms with van der Waals surface area (Å²) in [6.07, 6.45) is 1.22. The molecule has 3 rings (SSSR count). The van der Waals surface area contributed by atoms with E-state index in [9.17, 15) is 9.59 Å². The van der Waals surface area contributed by atoms with E-state index in [-0.39, 0.29) is 17.6 Å². The van der Waals surface area contributed by atoms with Crippen molar-refractivity contribution in [3.05, 3.63) is 29.8 Å². The van der Waals surface area contributed by atoms with Gasteiger partial charge in [0, 0.05) is 18.7 Å². The van der Waals surface area contributed by atoms with E-state index >= 15 is 0 Å². The van der Waals surface area contributed by atoms with E-state index in [1.807, 2.05) is 31.2 Å². The number of nitrogens with one attached hydrogen (secondary N) is 1. The van der Waals surface area contributed by atoms with Crippen molar-refractivity contribution in [2.75, 3.05) is 17.6 Å². The monoisotopic (exact) mass is 348 g/mol. The smallest absolute Gasteiger partial charge is 0.248 e. The third kappa shape index (κ3) is 4.35. The first kappa shape index (κ1) is 16.1. The molecule has 1 N–H and O–H groups in total. The molecule has 2 aliphatic heterocycles. The van der Waals surface area contributed by atoms with Crippen molar-refractivity contribution in [2.45, 2.75) is 19.8 Å². The molecule has 8 heteroatoms. The van der Waals surface area contributed by atoms with Crippen molar-refractivity contribution in [2.24, 2.45) is 10.1 Å². The van der Waals surface area contributed by atoms with Gasteiger partial charge in [-0.25, -0.2) is 5.01 Å². The maximum atomic E-state index is 12.0. The van der Waals surface area contributed by atoms with Gasteiger partial charge in [0.05, 0.1) is 5.75 Å². The minimum atomic E-state index is -0.103. The van der Waals surface area contributed by atoms with Crippen LogP contribution in [0.2, 0.25) is 0 Å². The van der Waals surface area contributed by atoms with Gasteiger partial charge < -0.3 is 5.32 Å². The quantitative estimate of drug-likeness (QED) is 0.909. The van der Waals surface area contributed by atoms with Gasteiger partial charge in [-0.05, 0) is 42.8 Å². The number of fused-ring (bicyclic) bond motifs is 1. The molecule has 2 aliphatic rings. The number of amides is 2. The maximum absolute atomic E-state index is 12.0. The number of thioether (sulfide) groups is 2. The number of nitrogens with zero attached hydrogens (tertiary/aromatic N) is 3. The van der Waals surface area contributed by atoms with E-state index < -0.39 is 0 Å². The molecular weight excluding hydrogens is 332 g/mol. The summed E-state index contributed by atoms with van der Waals surface area (Å²) in [5, 5.41) is 9.64. The van der Waals surface area contributed by atoms with Crippen molar-refractivity contribution in [3.63, 3.8) is 0 Å². The van der Waals surface area contributed by atoms with Crippen LogP contribution in [-0.2, 0) is 9.59 Å². The highest BCUT2D eigenvalue weighted by Gasteiger charge is 2.26. The van der Waals surface area contributed by atoms with E-state index in [1.165, 1.54) is 23.5 Å². The molecular formula is C15H16N4O2S2. The molecule has 0 aromatic heterocycles. The standard InChI is InChI=1S/C15H16N4O2S2/c1-10-4-2-5-11(8-10)16-13(21)9-22-15-18-19-7-3-6-12(20)17-14(19)23-15/h2,4-5,8H,3,6-7,9H2,1H3,(H,16,21). The number of carbonyl (C=O) groups excluding carboxylic acids is 2. The molecule has 0 atom stereocenters. The number of rotatable bonds is 3. The van der Waals surface area contributed by atoms with Gasteiger partial charge in [-0.2, -0.15) is 10.1 Å². The molecule has 120 valence electrons. The van der Waals surface area contributed by atoms with Crippen molar-refractivity contribution in [1.82, 2.24) is 5.01 Å². The van der Waals surface area contributed by atoms with Crippen LogP contribution in [0.4, 0.5) is 5.69 Å². The lowest BCUT2D eigenvalue weighted by Crippen LogP contribution is -2.18. The Morgan fingerprint density at radius 3 is 3.17 bits per heavy atom. The zero-order chi connectivity index (χ0) is 16.2. The molecule has 0 unspecified atom stereocenters. The molecule has 2 heterocycles. The van der Waals surface area contributed by atoms with Gasteiger partial charge in [0.25, 0.3) is 0 Å². The van der Waals surface area contributed by atoms with Gasteiger partial charge in [-0.1, -0.05) is 23.9 Å². The molecule has 0 radical (unpaired) electrons. The number of hydrazone groups is 1. The van der Waals surface area contributed by atoms with Gasteiger partial charge in [0.2, 0.25) is 11.8 Å². The lowest BCUT2D eigenvalue weighted by Gasteiger charge is -2.08. The maximum Gasteiger partial charge on any atom is 0.248 e. The second-order valence-electron chi connectivity index (χ2n) is 5.19. The third-order valence-electron chi connectivity index (χ3n) is 3.21. The molecule has 1 aromatic rings. The van der Waals surface area contributed by atoms with E-state index in [4.69, 9.17) is 0 Å². The van der Waals surface area contributed by atoms with Crippen LogP contribution in [0.1, 0.15) is 18.4 Å². The van der Waals surface area contributed by atoms with Crippen molar-refractivity contribution < 1.29 is 9.59 Å². The highest BCUT2D eigenvalue weighted by Crippen LogP contribution is 2.29. The molecule has 6 nitrogen and oxygen atoms in total. The first-order valence-electron chi connectivity index (χ1n) is 7.25. The summed E-state index contributed by atoms with van der Waals surface area (Å²) < 4.78 is 0.748. The summed E-state index contributed by atoms with van der Waals surface area (Å²) in [5.74, 6) is 0.0899. The fourth-order valence-electron chi connectivity index (χ4n) is 2.17. The Labute approximate surface area is 142 Å². The zero-order valence-electron chi connectivity index (χ0n) is 12.6. The van der Waals surface area contributed by atoms with Gasteiger partial charge in [0.1, 0.15) is 0 Å². The molecule has 0 saturated carbocycles. The zero-order valence-corrected chi connectivity index (χ0v) is 14.2. The predicted octanol–water partition coefficient (Wildman–Crippen LogP) is 2.66. The molecule has 1 aromatic carbocycles. The Kier molecular flexibility index (Phi) is 5.02. The first-order chi connectivity index (χ1) is 11.1. The van der Waals surface area contributed by atoms with Crippen molar-refractivity contribution in [1.29, 1.82) is 0 Å². The summed E-state index contributed by atoms with van der Waals surface area (Å²) in [4.78, 5) is 27.5. The fourth-order valence-corrected chi connectivity index (χ4v) is 3.97. The number of hydrogen-bond acceptors (Lipinski definition) is 6. The highest BCUT2D eigenvalue weighted by atomic mass is 32.2. The van der Waals surface area contributed by atoms with Crippen LogP contribution >= 0.6 is 23.5 Å². The second kappa shape index (κ2) is 7.18. The van der Waals surface area contributed by atoms with Gasteiger partial charge in [-0.3, -0.25) is 9.59 Å². The van der Waals surface area contributed by atoms with Crippen molar-refractivity contribution in [3.8, 4) is 0 Å². The van der Waals surface area contributed by atoms with Crippen molar-refractivity contribution >= 4 is 50.6 Å². The summed E-state index contributed by atoms with van der Waals surface area (Å²) in [6.45, 7) is 2.67. The molecule has 0 fully saturated rings. The Morgan fingerprint density at radius 1 is 1.48 bits per heavy atom. The van der Waals surface area contributed by atoms with Crippen LogP contribution in [-0.4, -0.2) is 38.7 Å². The van der Waals surface area contributed by atoms with Gasteiger partial charge in [0.15, 0.2) is 9.54 Å². The number of carbonyl (C=O) groups is 2. The summed E-state index contributed by atoms with van der Waals surface area (Å²) in [7, 11) is 0. The van der Waals surface area contributed by atoms with E-state index in [0.717, 1.165) is 22.0 Å². The average Bonchev–Trinajstić information content (AvgIpc) is 2.79. The second-order valence-corrected chi connectivity index (χ2v) is 7.37. The van der Waals surface area contributed by atoms with E-state index in [0.29, 0.717) is 18.1 Å². The predicted molar refractivity (Wildman–Crippen MR) is 95.7 cm³/mol. The highest BCUT2D eigenvalue weighted by molar-refractivity contribution is 8.45. The molecule has 23 heavy (non-hydrogen) atoms. The number of anilines is 1. The fraction of sp³-hybridized carbons (Fsp3) is 0.333. The lowest BCUT2D eigenvalue weighted by atomic mass is 10.2. The summed E-state index contributed by atoms with van der Waals surface area (Å²) in [5.41, 5.74) is 1.89. The minimum absolute atomic E-state index is 0.0796. The van der Waals surface area contributed by atoms with E-state index in [1.54, 1.807) is 5.01 Å². The largest absolute Gasteiger partial charge is 0.325 e. The number of hydrogen-bond donors (Lipinski definition) is 1. The number of aliphatic imine (C=N–C) groups is 1. The van der Waals surface area contributed by atoms with Crippen LogP contribution in [0.3, 0.4) is 0 Å². The topological polar surface area (TPSA) is 74.1 Å². The Bertz CT molecular complexity index is 702. The average molecular weight is 348 g/mol. The van der Waals surface area contributed by atoms with Gasteiger partial charge in [-0.15, -0.1) is 0 Å². The van der Waals surface area contributed by atoms with Crippen LogP contribution in [0.25, 0.3) is 0 Å².